The van der Waals surface area contributed by atoms with E-state index in [9.17, 15) is 13.2 Å². The minimum Gasteiger partial charge on any atom is -0.345 e. The molecule has 1 saturated carbocycles. The molecule has 1 fully saturated rings. The van der Waals surface area contributed by atoms with Crippen molar-refractivity contribution in [1.29, 1.82) is 0 Å². The van der Waals surface area contributed by atoms with E-state index in [-0.39, 0.29) is 5.56 Å². The van der Waals surface area contributed by atoms with Crippen LogP contribution >= 0.6 is 0 Å². The zero-order valence-electron chi connectivity index (χ0n) is 10.5. The van der Waals surface area contributed by atoms with Crippen LogP contribution in [0, 0.1) is 17.5 Å². The molecular formula is C14H12F3N3. The molecule has 0 radical (unpaired) electrons. The average molecular weight is 279 g/mol. The first-order valence-electron chi connectivity index (χ1n) is 6.31. The lowest BCUT2D eigenvalue weighted by molar-refractivity contribution is 0.271. The SMILES string of the molecule is Fc1cc(F)c(C2(Nc3ncccn3)CCC2)cc1F. The molecule has 3 nitrogen and oxygen atoms in total. The van der Waals surface area contributed by atoms with Crippen molar-refractivity contribution in [2.75, 3.05) is 5.32 Å². The van der Waals surface area contributed by atoms with Crippen LogP contribution in [-0.2, 0) is 5.54 Å². The fourth-order valence-corrected chi connectivity index (χ4v) is 2.46. The highest BCUT2D eigenvalue weighted by Crippen LogP contribution is 2.44. The third-order valence-corrected chi connectivity index (χ3v) is 3.65. The van der Waals surface area contributed by atoms with Crippen LogP contribution in [0.3, 0.4) is 0 Å². The molecule has 0 atom stereocenters. The standard InChI is InChI=1S/C14H12F3N3/c15-10-8-12(17)11(16)7-9(10)14(3-1-4-14)20-13-18-5-2-6-19-13/h2,5-8H,1,3-4H2,(H,18,19,20). The van der Waals surface area contributed by atoms with E-state index < -0.39 is 23.0 Å². The topological polar surface area (TPSA) is 37.8 Å². The van der Waals surface area contributed by atoms with Crippen LogP contribution in [0.25, 0.3) is 0 Å². The minimum absolute atomic E-state index is 0.120. The molecule has 0 amide bonds. The van der Waals surface area contributed by atoms with E-state index in [1.807, 2.05) is 0 Å². The molecule has 1 aliphatic carbocycles. The molecule has 104 valence electrons. The number of nitrogens with zero attached hydrogens (tertiary/aromatic N) is 2. The normalized spacial score (nSPS) is 16.6. The molecular weight excluding hydrogens is 267 g/mol. The number of aromatic nitrogens is 2. The number of nitrogens with one attached hydrogen (secondary N) is 1. The number of rotatable bonds is 3. The highest BCUT2D eigenvalue weighted by atomic mass is 19.2. The molecule has 1 N–H and O–H groups in total. The second-order valence-corrected chi connectivity index (χ2v) is 4.88. The van der Waals surface area contributed by atoms with Crippen molar-refractivity contribution in [3.8, 4) is 0 Å². The summed E-state index contributed by atoms with van der Waals surface area (Å²) < 4.78 is 40.4. The Bertz CT molecular complexity index is 627. The second kappa shape index (κ2) is 4.77. The maximum atomic E-state index is 14.0. The Balaban J connectivity index is 1.99. The van der Waals surface area contributed by atoms with E-state index >= 15 is 0 Å². The van der Waals surface area contributed by atoms with Gasteiger partial charge in [-0.15, -0.1) is 0 Å². The lowest BCUT2D eigenvalue weighted by Gasteiger charge is -2.43. The maximum absolute atomic E-state index is 14.0. The first-order valence-corrected chi connectivity index (χ1v) is 6.31. The zero-order valence-corrected chi connectivity index (χ0v) is 10.5. The van der Waals surface area contributed by atoms with Gasteiger partial charge in [0, 0.05) is 24.0 Å². The Morgan fingerprint density at radius 3 is 2.20 bits per heavy atom. The molecule has 0 unspecified atom stereocenters. The van der Waals surface area contributed by atoms with Crippen molar-refractivity contribution >= 4 is 5.95 Å². The van der Waals surface area contributed by atoms with E-state index in [1.165, 1.54) is 0 Å². The lowest BCUT2D eigenvalue weighted by Crippen LogP contribution is -2.43. The lowest BCUT2D eigenvalue weighted by atomic mass is 9.71. The number of hydrogen-bond donors (Lipinski definition) is 1. The molecule has 0 aliphatic heterocycles. The molecule has 1 aromatic carbocycles. The Morgan fingerprint density at radius 1 is 0.950 bits per heavy atom. The van der Waals surface area contributed by atoms with Crippen LogP contribution in [0.1, 0.15) is 24.8 Å². The van der Waals surface area contributed by atoms with E-state index in [1.54, 1.807) is 18.5 Å². The third kappa shape index (κ3) is 2.11. The summed E-state index contributed by atoms with van der Waals surface area (Å²) in [6.07, 6.45) is 5.23. The van der Waals surface area contributed by atoms with Crippen molar-refractivity contribution in [2.24, 2.45) is 0 Å². The molecule has 1 aliphatic rings. The van der Waals surface area contributed by atoms with Crippen LogP contribution in [-0.4, -0.2) is 9.97 Å². The van der Waals surface area contributed by atoms with Crippen molar-refractivity contribution < 1.29 is 13.2 Å². The molecule has 0 saturated heterocycles. The van der Waals surface area contributed by atoms with Gasteiger partial charge < -0.3 is 5.32 Å². The van der Waals surface area contributed by atoms with Crippen LogP contribution in [0.15, 0.2) is 30.6 Å². The largest absolute Gasteiger partial charge is 0.345 e. The predicted molar refractivity (Wildman–Crippen MR) is 67.5 cm³/mol. The maximum Gasteiger partial charge on any atom is 0.223 e. The van der Waals surface area contributed by atoms with Gasteiger partial charge in [0.25, 0.3) is 0 Å². The van der Waals surface area contributed by atoms with E-state index in [0.717, 1.165) is 12.5 Å². The Labute approximate surface area is 113 Å². The third-order valence-electron chi connectivity index (χ3n) is 3.65. The van der Waals surface area contributed by atoms with Gasteiger partial charge in [-0.25, -0.2) is 23.1 Å². The highest BCUT2D eigenvalue weighted by Gasteiger charge is 2.41. The monoisotopic (exact) mass is 279 g/mol. The van der Waals surface area contributed by atoms with Gasteiger partial charge in [0.15, 0.2) is 11.6 Å². The molecule has 1 heterocycles. The minimum atomic E-state index is -1.18. The summed E-state index contributed by atoms with van der Waals surface area (Å²) >= 11 is 0. The van der Waals surface area contributed by atoms with Gasteiger partial charge >= 0.3 is 0 Å². The first kappa shape index (κ1) is 12.9. The second-order valence-electron chi connectivity index (χ2n) is 4.88. The van der Waals surface area contributed by atoms with Crippen molar-refractivity contribution in [3.63, 3.8) is 0 Å². The summed E-state index contributed by atoms with van der Waals surface area (Å²) in [5.74, 6) is -2.65. The number of hydrogen-bond acceptors (Lipinski definition) is 3. The summed E-state index contributed by atoms with van der Waals surface area (Å²) in [6, 6.07) is 3.16. The molecule has 6 heteroatoms. The predicted octanol–water partition coefficient (Wildman–Crippen LogP) is 3.39. The smallest absolute Gasteiger partial charge is 0.223 e. The average Bonchev–Trinajstić information content (AvgIpc) is 2.40. The van der Waals surface area contributed by atoms with Crippen molar-refractivity contribution in [3.05, 3.63) is 53.6 Å². The van der Waals surface area contributed by atoms with Crippen LogP contribution < -0.4 is 5.32 Å². The van der Waals surface area contributed by atoms with Gasteiger partial charge in [0.05, 0.1) is 5.54 Å². The molecule has 2 aromatic rings. The van der Waals surface area contributed by atoms with E-state index in [2.05, 4.69) is 15.3 Å². The fourth-order valence-electron chi connectivity index (χ4n) is 2.46. The molecule has 0 bridgehead atoms. The van der Waals surface area contributed by atoms with Gasteiger partial charge in [0.2, 0.25) is 5.95 Å². The number of halogens is 3. The van der Waals surface area contributed by atoms with Crippen LogP contribution in [0.4, 0.5) is 19.1 Å². The quantitative estimate of drug-likeness (QED) is 0.875. The summed E-state index contributed by atoms with van der Waals surface area (Å²) in [5.41, 5.74) is -0.643. The summed E-state index contributed by atoms with van der Waals surface area (Å²) in [5, 5.41) is 3.04. The van der Waals surface area contributed by atoms with Gasteiger partial charge in [-0.05, 0) is 31.4 Å². The van der Waals surface area contributed by atoms with Gasteiger partial charge in [-0.2, -0.15) is 0 Å². The number of anilines is 1. The van der Waals surface area contributed by atoms with Crippen LogP contribution in [0.5, 0.6) is 0 Å². The van der Waals surface area contributed by atoms with Gasteiger partial charge in [-0.3, -0.25) is 0 Å². The highest BCUT2D eigenvalue weighted by molar-refractivity contribution is 5.40. The fraction of sp³-hybridized carbons (Fsp3) is 0.286. The molecule has 1 aromatic heterocycles. The zero-order chi connectivity index (χ0) is 14.2. The number of benzene rings is 1. The van der Waals surface area contributed by atoms with Gasteiger partial charge in [-0.1, -0.05) is 0 Å². The first-order chi connectivity index (χ1) is 9.61. The Hall–Kier alpha value is -2.11. The van der Waals surface area contributed by atoms with Gasteiger partial charge in [0.1, 0.15) is 5.82 Å². The van der Waals surface area contributed by atoms with Crippen molar-refractivity contribution in [1.82, 2.24) is 9.97 Å². The summed E-state index contributed by atoms with van der Waals surface area (Å²) in [4.78, 5) is 8.06. The van der Waals surface area contributed by atoms with E-state index in [0.29, 0.717) is 24.9 Å². The van der Waals surface area contributed by atoms with Crippen molar-refractivity contribution in [2.45, 2.75) is 24.8 Å². The Kier molecular flexibility index (Phi) is 3.08. The summed E-state index contributed by atoms with van der Waals surface area (Å²) in [6.45, 7) is 0. The molecule has 3 rings (SSSR count). The summed E-state index contributed by atoms with van der Waals surface area (Å²) in [7, 11) is 0. The molecule has 0 spiro atoms. The van der Waals surface area contributed by atoms with Crippen LogP contribution in [0.2, 0.25) is 0 Å². The Morgan fingerprint density at radius 2 is 1.60 bits per heavy atom. The molecule has 20 heavy (non-hydrogen) atoms. The van der Waals surface area contributed by atoms with E-state index in [4.69, 9.17) is 0 Å².